The number of carbonyl (C=O) groups excluding carboxylic acids is 1. The molecule has 1 unspecified atom stereocenters. The van der Waals surface area contributed by atoms with E-state index in [2.05, 4.69) is 17.4 Å². The Morgan fingerprint density at radius 2 is 2.00 bits per heavy atom. The van der Waals surface area contributed by atoms with E-state index in [-0.39, 0.29) is 5.91 Å². The maximum absolute atomic E-state index is 12.3. The van der Waals surface area contributed by atoms with Gasteiger partial charge in [0.25, 0.3) is 0 Å². The Labute approximate surface area is 157 Å². The zero-order chi connectivity index (χ0) is 18.2. The number of ether oxygens (including phenoxy) is 2. The zero-order valence-corrected chi connectivity index (χ0v) is 16.1. The molecule has 2 aliphatic rings. The SMILES string of the molecule is COc1ccc2c(c1)CCCC2CC(=O)NCCCOC1CCCCC1. The first-order chi connectivity index (χ1) is 12.8. The fraction of sp³-hybridized carbons (Fsp3) is 0.682. The summed E-state index contributed by atoms with van der Waals surface area (Å²) >= 11 is 0. The third-order valence-electron chi connectivity index (χ3n) is 5.77. The summed E-state index contributed by atoms with van der Waals surface area (Å²) in [5, 5.41) is 3.08. The van der Waals surface area contributed by atoms with E-state index in [9.17, 15) is 4.79 Å². The number of benzene rings is 1. The van der Waals surface area contributed by atoms with Crippen molar-refractivity contribution >= 4 is 5.91 Å². The third-order valence-corrected chi connectivity index (χ3v) is 5.77. The summed E-state index contributed by atoms with van der Waals surface area (Å²) in [6, 6.07) is 6.28. The molecule has 0 aliphatic heterocycles. The summed E-state index contributed by atoms with van der Waals surface area (Å²) in [7, 11) is 1.70. The highest BCUT2D eigenvalue weighted by Gasteiger charge is 2.23. The van der Waals surface area contributed by atoms with E-state index < -0.39 is 0 Å². The first-order valence-corrected chi connectivity index (χ1v) is 10.3. The van der Waals surface area contributed by atoms with Crippen molar-refractivity contribution in [2.24, 2.45) is 0 Å². The maximum Gasteiger partial charge on any atom is 0.220 e. The van der Waals surface area contributed by atoms with E-state index in [0.717, 1.165) is 38.0 Å². The van der Waals surface area contributed by atoms with Gasteiger partial charge in [-0.05, 0) is 67.7 Å². The van der Waals surface area contributed by atoms with Crippen LogP contribution in [0, 0.1) is 0 Å². The number of hydrogen-bond donors (Lipinski definition) is 1. The second kappa shape index (κ2) is 9.96. The minimum Gasteiger partial charge on any atom is -0.497 e. The Morgan fingerprint density at radius 1 is 1.15 bits per heavy atom. The number of rotatable bonds is 8. The molecule has 0 heterocycles. The molecule has 1 aromatic rings. The fourth-order valence-corrected chi connectivity index (χ4v) is 4.31. The quantitative estimate of drug-likeness (QED) is 0.702. The number of methoxy groups -OCH3 is 1. The van der Waals surface area contributed by atoms with Crippen molar-refractivity contribution in [1.29, 1.82) is 0 Å². The molecule has 4 nitrogen and oxygen atoms in total. The van der Waals surface area contributed by atoms with Gasteiger partial charge in [-0.15, -0.1) is 0 Å². The Hall–Kier alpha value is -1.55. The van der Waals surface area contributed by atoms with Gasteiger partial charge in [0.15, 0.2) is 0 Å². The van der Waals surface area contributed by atoms with Gasteiger partial charge in [-0.25, -0.2) is 0 Å². The molecule has 144 valence electrons. The van der Waals surface area contributed by atoms with Crippen LogP contribution in [0.3, 0.4) is 0 Å². The third kappa shape index (κ3) is 5.47. The second-order valence-corrected chi connectivity index (χ2v) is 7.69. The lowest BCUT2D eigenvalue weighted by molar-refractivity contribution is -0.121. The monoisotopic (exact) mass is 359 g/mol. The Balaban J connectivity index is 1.37. The fourth-order valence-electron chi connectivity index (χ4n) is 4.31. The van der Waals surface area contributed by atoms with Gasteiger partial charge in [0.2, 0.25) is 5.91 Å². The van der Waals surface area contributed by atoms with Crippen molar-refractivity contribution < 1.29 is 14.3 Å². The van der Waals surface area contributed by atoms with Gasteiger partial charge in [-0.2, -0.15) is 0 Å². The number of fused-ring (bicyclic) bond motifs is 1. The van der Waals surface area contributed by atoms with Crippen LogP contribution in [0.2, 0.25) is 0 Å². The number of carbonyl (C=O) groups is 1. The molecule has 0 radical (unpaired) electrons. The molecule has 0 aromatic heterocycles. The molecular weight excluding hydrogens is 326 g/mol. The molecule has 1 amide bonds. The molecule has 1 saturated carbocycles. The lowest BCUT2D eigenvalue weighted by atomic mass is 9.81. The Kier molecular flexibility index (Phi) is 7.36. The summed E-state index contributed by atoms with van der Waals surface area (Å²) in [5.74, 6) is 1.41. The number of aryl methyl sites for hydroxylation is 1. The molecule has 0 saturated heterocycles. The highest BCUT2D eigenvalue weighted by atomic mass is 16.5. The summed E-state index contributed by atoms with van der Waals surface area (Å²) in [6.45, 7) is 1.48. The van der Waals surface area contributed by atoms with E-state index in [1.165, 1.54) is 43.2 Å². The van der Waals surface area contributed by atoms with Gasteiger partial charge in [-0.1, -0.05) is 25.3 Å². The first-order valence-electron chi connectivity index (χ1n) is 10.3. The van der Waals surface area contributed by atoms with Crippen molar-refractivity contribution in [1.82, 2.24) is 5.32 Å². The molecule has 0 bridgehead atoms. The van der Waals surface area contributed by atoms with Crippen molar-refractivity contribution in [2.45, 2.75) is 76.2 Å². The molecular formula is C22H33NO3. The van der Waals surface area contributed by atoms with Crippen molar-refractivity contribution in [3.05, 3.63) is 29.3 Å². The van der Waals surface area contributed by atoms with Crippen molar-refractivity contribution in [2.75, 3.05) is 20.3 Å². The standard InChI is InChI=1S/C22H33NO3/c1-25-20-11-12-21-17(15-20)7-5-8-18(21)16-22(24)23-13-6-14-26-19-9-3-2-4-10-19/h11-12,15,18-19H,2-10,13-14,16H2,1H3,(H,23,24). The van der Waals surface area contributed by atoms with Crippen LogP contribution in [-0.4, -0.2) is 32.3 Å². The van der Waals surface area contributed by atoms with Crippen LogP contribution in [0.25, 0.3) is 0 Å². The van der Waals surface area contributed by atoms with E-state index in [0.29, 0.717) is 25.0 Å². The van der Waals surface area contributed by atoms with E-state index >= 15 is 0 Å². The molecule has 0 spiro atoms. The van der Waals surface area contributed by atoms with Crippen molar-refractivity contribution in [3.63, 3.8) is 0 Å². The van der Waals surface area contributed by atoms with Gasteiger partial charge in [0.05, 0.1) is 13.2 Å². The summed E-state index contributed by atoms with van der Waals surface area (Å²) < 4.78 is 11.2. The van der Waals surface area contributed by atoms with E-state index in [1.807, 2.05) is 6.07 Å². The Bertz CT molecular complexity index is 581. The summed E-state index contributed by atoms with van der Waals surface area (Å²) in [6.07, 6.45) is 11.6. The molecule has 1 aromatic carbocycles. The molecule has 1 N–H and O–H groups in total. The molecule has 2 aliphatic carbocycles. The zero-order valence-electron chi connectivity index (χ0n) is 16.1. The highest BCUT2D eigenvalue weighted by molar-refractivity contribution is 5.77. The average Bonchev–Trinajstić information content (AvgIpc) is 2.68. The van der Waals surface area contributed by atoms with Crippen LogP contribution < -0.4 is 10.1 Å². The van der Waals surface area contributed by atoms with Gasteiger partial charge >= 0.3 is 0 Å². The van der Waals surface area contributed by atoms with E-state index in [4.69, 9.17) is 9.47 Å². The number of hydrogen-bond acceptors (Lipinski definition) is 3. The lowest BCUT2D eigenvalue weighted by Crippen LogP contribution is -2.28. The normalized spacial score (nSPS) is 20.4. The maximum atomic E-state index is 12.3. The molecule has 4 heteroatoms. The molecule has 26 heavy (non-hydrogen) atoms. The minimum atomic E-state index is 0.163. The van der Waals surface area contributed by atoms with Crippen LogP contribution in [-0.2, 0) is 16.0 Å². The van der Waals surface area contributed by atoms with Crippen molar-refractivity contribution in [3.8, 4) is 5.75 Å². The second-order valence-electron chi connectivity index (χ2n) is 7.69. The Morgan fingerprint density at radius 3 is 2.81 bits per heavy atom. The number of nitrogens with one attached hydrogen (secondary N) is 1. The number of amides is 1. The van der Waals surface area contributed by atoms with Crippen LogP contribution in [0.4, 0.5) is 0 Å². The minimum absolute atomic E-state index is 0.163. The van der Waals surface area contributed by atoms with E-state index in [1.54, 1.807) is 7.11 Å². The molecule has 1 atom stereocenters. The van der Waals surface area contributed by atoms with Gasteiger partial charge in [-0.3, -0.25) is 4.79 Å². The van der Waals surface area contributed by atoms with Gasteiger partial charge < -0.3 is 14.8 Å². The first kappa shape index (κ1) is 19.2. The predicted octanol–water partition coefficient (Wildman–Crippen LogP) is 4.36. The largest absolute Gasteiger partial charge is 0.497 e. The highest BCUT2D eigenvalue weighted by Crippen LogP contribution is 2.35. The lowest BCUT2D eigenvalue weighted by Gasteiger charge is -2.25. The van der Waals surface area contributed by atoms with Crippen LogP contribution in [0.1, 0.15) is 74.8 Å². The van der Waals surface area contributed by atoms with Crippen LogP contribution in [0.15, 0.2) is 18.2 Å². The predicted molar refractivity (Wildman–Crippen MR) is 104 cm³/mol. The van der Waals surface area contributed by atoms with Crippen LogP contribution in [0.5, 0.6) is 5.75 Å². The van der Waals surface area contributed by atoms with Gasteiger partial charge in [0, 0.05) is 19.6 Å². The van der Waals surface area contributed by atoms with Crippen LogP contribution >= 0.6 is 0 Å². The smallest absolute Gasteiger partial charge is 0.220 e. The topological polar surface area (TPSA) is 47.6 Å². The van der Waals surface area contributed by atoms with Gasteiger partial charge in [0.1, 0.15) is 5.75 Å². The summed E-state index contributed by atoms with van der Waals surface area (Å²) in [4.78, 5) is 12.3. The summed E-state index contributed by atoms with van der Waals surface area (Å²) in [5.41, 5.74) is 2.67. The molecule has 1 fully saturated rings. The average molecular weight is 360 g/mol. The molecule has 3 rings (SSSR count).